The van der Waals surface area contributed by atoms with E-state index in [1.54, 1.807) is 0 Å². The average Bonchev–Trinajstić information content (AvgIpc) is 3.75. The smallest absolute Gasteiger partial charge is 0.135 e. The van der Waals surface area contributed by atoms with Crippen LogP contribution >= 0.6 is 0 Å². The highest BCUT2D eigenvalue weighted by Crippen LogP contribution is 2.43. The van der Waals surface area contributed by atoms with Crippen LogP contribution < -0.4 is 4.90 Å². The second-order valence-electron chi connectivity index (χ2n) is 16.4. The molecule has 0 aliphatic heterocycles. The Morgan fingerprint density at radius 3 is 1.25 bits per heavy atom. The first-order chi connectivity index (χ1) is 31.7. The van der Waals surface area contributed by atoms with Gasteiger partial charge in [0.15, 0.2) is 0 Å². The van der Waals surface area contributed by atoms with Crippen LogP contribution in [0.2, 0.25) is 0 Å². The van der Waals surface area contributed by atoms with Gasteiger partial charge in [0.1, 0.15) is 11.2 Å². The molecule has 2 heteroatoms. The summed E-state index contributed by atoms with van der Waals surface area (Å²) in [6, 6.07) is 89.7. The molecule has 1 heterocycles. The Labute approximate surface area is 372 Å². The second kappa shape index (κ2) is 15.8. The first-order valence-corrected chi connectivity index (χ1v) is 21.9. The van der Waals surface area contributed by atoms with Gasteiger partial charge in [-0.1, -0.05) is 194 Å². The SMILES string of the molecule is c1cc(-c2ccc3oc4ccccc4c3c2)cc(N(c2ccc(-c3ccccc3-c3cccc4ccccc34)cc2)c2ccc(-c3ccccc3-c3cccc4ccccc34)cc2)c1. The minimum absolute atomic E-state index is 0.895. The summed E-state index contributed by atoms with van der Waals surface area (Å²) in [5.41, 5.74) is 17.0. The Morgan fingerprint density at radius 1 is 0.234 bits per heavy atom. The molecule has 0 spiro atoms. The van der Waals surface area contributed by atoms with Gasteiger partial charge >= 0.3 is 0 Å². The van der Waals surface area contributed by atoms with Gasteiger partial charge in [0.25, 0.3) is 0 Å². The van der Waals surface area contributed by atoms with E-state index >= 15 is 0 Å². The molecule has 0 saturated heterocycles. The van der Waals surface area contributed by atoms with Gasteiger partial charge in [0.2, 0.25) is 0 Å². The number of anilines is 3. The van der Waals surface area contributed by atoms with Crippen molar-refractivity contribution in [2.45, 2.75) is 0 Å². The summed E-state index contributed by atoms with van der Waals surface area (Å²) >= 11 is 0. The lowest BCUT2D eigenvalue weighted by atomic mass is 9.91. The zero-order valence-corrected chi connectivity index (χ0v) is 35.0. The Hall–Kier alpha value is -8.46. The highest BCUT2D eigenvalue weighted by atomic mass is 16.3. The summed E-state index contributed by atoms with van der Waals surface area (Å²) in [4.78, 5) is 2.37. The Balaban J connectivity index is 0.963. The molecule has 0 aliphatic carbocycles. The van der Waals surface area contributed by atoms with E-state index in [2.05, 4.69) is 241 Å². The van der Waals surface area contributed by atoms with Crippen molar-refractivity contribution in [2.75, 3.05) is 4.90 Å². The van der Waals surface area contributed by atoms with Gasteiger partial charge in [-0.15, -0.1) is 0 Å². The van der Waals surface area contributed by atoms with Crippen LogP contribution in [0.5, 0.6) is 0 Å². The Kier molecular flexibility index (Phi) is 9.20. The van der Waals surface area contributed by atoms with Gasteiger partial charge in [-0.05, 0) is 132 Å². The molecule has 0 saturated carbocycles. The molecule has 11 aromatic carbocycles. The van der Waals surface area contributed by atoms with Crippen molar-refractivity contribution in [3.63, 3.8) is 0 Å². The Morgan fingerprint density at radius 2 is 0.656 bits per heavy atom. The molecule has 0 N–H and O–H groups in total. The average molecular weight is 816 g/mol. The first-order valence-electron chi connectivity index (χ1n) is 21.9. The van der Waals surface area contributed by atoms with Gasteiger partial charge in [-0.2, -0.15) is 0 Å². The molecule has 0 aliphatic rings. The monoisotopic (exact) mass is 815 g/mol. The van der Waals surface area contributed by atoms with E-state index in [1.807, 2.05) is 12.1 Å². The zero-order valence-electron chi connectivity index (χ0n) is 35.0. The third kappa shape index (κ3) is 6.61. The van der Waals surface area contributed by atoms with E-state index in [9.17, 15) is 0 Å². The van der Waals surface area contributed by atoms with Gasteiger partial charge in [0.05, 0.1) is 0 Å². The zero-order chi connectivity index (χ0) is 42.4. The van der Waals surface area contributed by atoms with Crippen LogP contribution in [0.3, 0.4) is 0 Å². The van der Waals surface area contributed by atoms with Crippen LogP contribution in [0.25, 0.3) is 99.1 Å². The number of hydrogen-bond donors (Lipinski definition) is 0. The fourth-order valence-corrected chi connectivity index (χ4v) is 9.62. The van der Waals surface area contributed by atoms with Crippen LogP contribution in [0.15, 0.2) is 253 Å². The van der Waals surface area contributed by atoms with Gasteiger partial charge in [-0.25, -0.2) is 0 Å². The summed E-state index contributed by atoms with van der Waals surface area (Å²) in [5.74, 6) is 0. The minimum atomic E-state index is 0.895. The molecular weight excluding hydrogens is 775 g/mol. The highest BCUT2D eigenvalue weighted by molar-refractivity contribution is 6.07. The molecular formula is C62H41NO. The maximum absolute atomic E-state index is 6.20. The quantitative estimate of drug-likeness (QED) is 0.152. The van der Waals surface area contributed by atoms with Crippen molar-refractivity contribution in [1.29, 1.82) is 0 Å². The maximum Gasteiger partial charge on any atom is 0.135 e. The van der Waals surface area contributed by atoms with Crippen LogP contribution in [0.4, 0.5) is 17.1 Å². The lowest BCUT2D eigenvalue weighted by Gasteiger charge is -2.27. The van der Waals surface area contributed by atoms with E-state index in [1.165, 1.54) is 66.1 Å². The Bertz CT molecular complexity index is 3490. The maximum atomic E-state index is 6.20. The van der Waals surface area contributed by atoms with E-state index in [0.29, 0.717) is 0 Å². The van der Waals surface area contributed by atoms with E-state index in [4.69, 9.17) is 4.42 Å². The fourth-order valence-electron chi connectivity index (χ4n) is 9.62. The van der Waals surface area contributed by atoms with Crippen LogP contribution in [-0.4, -0.2) is 0 Å². The number of furan rings is 1. The van der Waals surface area contributed by atoms with Crippen molar-refractivity contribution in [2.24, 2.45) is 0 Å². The third-order valence-corrected chi connectivity index (χ3v) is 12.7. The van der Waals surface area contributed by atoms with Crippen LogP contribution in [0, 0.1) is 0 Å². The summed E-state index contributed by atoms with van der Waals surface area (Å²) in [6.07, 6.45) is 0. The number of hydrogen-bond acceptors (Lipinski definition) is 2. The predicted octanol–water partition coefficient (Wildman–Crippen LogP) is 17.7. The standard InChI is InChI=1S/C62H41NO/c1-3-20-51-42(14-1)16-12-27-57(51)55-24-7-5-22-53(55)44-30-35-48(36-31-44)63(50-19-11-18-46(40-50)47-34-39-62-60(41-47)59-26-9-10-29-61(59)64-62)49-37-32-45(33-38-49)54-23-6-8-25-56(54)58-28-13-17-43-15-2-4-21-52(43)58/h1-41H. The molecule has 0 fully saturated rings. The highest BCUT2D eigenvalue weighted by Gasteiger charge is 2.18. The molecule has 64 heavy (non-hydrogen) atoms. The molecule has 0 amide bonds. The number of rotatable bonds is 8. The summed E-state index contributed by atoms with van der Waals surface area (Å²) in [6.45, 7) is 0. The van der Waals surface area contributed by atoms with Gasteiger partial charge in [0, 0.05) is 27.8 Å². The first kappa shape index (κ1) is 37.3. The molecule has 2 nitrogen and oxygen atoms in total. The third-order valence-electron chi connectivity index (χ3n) is 12.7. The second-order valence-corrected chi connectivity index (χ2v) is 16.4. The van der Waals surface area contributed by atoms with Crippen molar-refractivity contribution in [3.05, 3.63) is 249 Å². The molecule has 0 atom stereocenters. The fraction of sp³-hybridized carbons (Fsp3) is 0. The minimum Gasteiger partial charge on any atom is -0.456 e. The molecule has 0 unspecified atom stereocenters. The van der Waals surface area contributed by atoms with Crippen molar-refractivity contribution in [1.82, 2.24) is 0 Å². The number of nitrogens with zero attached hydrogens (tertiary/aromatic N) is 1. The molecule has 0 bridgehead atoms. The summed E-state index contributed by atoms with van der Waals surface area (Å²) in [7, 11) is 0. The molecule has 1 aromatic heterocycles. The van der Waals surface area contributed by atoms with Crippen molar-refractivity contribution >= 4 is 60.5 Å². The van der Waals surface area contributed by atoms with E-state index in [-0.39, 0.29) is 0 Å². The lowest BCUT2D eigenvalue weighted by molar-refractivity contribution is 0.669. The topological polar surface area (TPSA) is 16.4 Å². The lowest BCUT2D eigenvalue weighted by Crippen LogP contribution is -2.10. The van der Waals surface area contributed by atoms with Crippen molar-refractivity contribution < 1.29 is 4.42 Å². The number of para-hydroxylation sites is 1. The van der Waals surface area contributed by atoms with Crippen LogP contribution in [-0.2, 0) is 0 Å². The van der Waals surface area contributed by atoms with Crippen molar-refractivity contribution in [3.8, 4) is 55.6 Å². The van der Waals surface area contributed by atoms with Crippen LogP contribution in [0.1, 0.15) is 0 Å². The van der Waals surface area contributed by atoms with E-state index in [0.717, 1.165) is 50.1 Å². The van der Waals surface area contributed by atoms with E-state index < -0.39 is 0 Å². The molecule has 300 valence electrons. The number of fused-ring (bicyclic) bond motifs is 5. The molecule has 12 rings (SSSR count). The summed E-state index contributed by atoms with van der Waals surface area (Å²) < 4.78 is 6.20. The van der Waals surface area contributed by atoms with Gasteiger partial charge in [-0.3, -0.25) is 0 Å². The largest absolute Gasteiger partial charge is 0.456 e. The molecule has 0 radical (unpaired) electrons. The van der Waals surface area contributed by atoms with Gasteiger partial charge < -0.3 is 9.32 Å². The number of benzene rings is 11. The molecule has 12 aromatic rings. The summed E-state index contributed by atoms with van der Waals surface area (Å²) in [5, 5.41) is 7.23. The normalized spacial score (nSPS) is 11.4. The predicted molar refractivity (Wildman–Crippen MR) is 271 cm³/mol.